The summed E-state index contributed by atoms with van der Waals surface area (Å²) in [6.45, 7) is 0.300. The minimum Gasteiger partial charge on any atom is -0.473 e. The first-order chi connectivity index (χ1) is 11.3. The molecule has 6 heteroatoms. The summed E-state index contributed by atoms with van der Waals surface area (Å²) < 4.78 is 7.27. The average Bonchev–Trinajstić information content (AvgIpc) is 3.09. The summed E-state index contributed by atoms with van der Waals surface area (Å²) in [4.78, 5) is 15.1. The zero-order valence-corrected chi connectivity index (χ0v) is 12.1. The summed E-state index contributed by atoms with van der Waals surface area (Å²) in [6, 6.07) is 14.3. The van der Waals surface area contributed by atoms with E-state index in [0.29, 0.717) is 29.4 Å². The highest BCUT2D eigenvalue weighted by Gasteiger charge is 2.08. The molecule has 0 fully saturated rings. The van der Waals surface area contributed by atoms with Gasteiger partial charge in [0.25, 0.3) is 0 Å². The Morgan fingerprint density at radius 2 is 2.13 bits per heavy atom. The molecular formula is C17H12N4O2. The van der Waals surface area contributed by atoms with Crippen molar-refractivity contribution >= 4 is 6.29 Å². The van der Waals surface area contributed by atoms with Crippen LogP contribution in [0, 0.1) is 11.3 Å². The van der Waals surface area contributed by atoms with Crippen LogP contribution in [0.1, 0.15) is 21.5 Å². The van der Waals surface area contributed by atoms with Crippen molar-refractivity contribution in [1.82, 2.24) is 14.8 Å². The number of nitrogens with zero attached hydrogens (tertiary/aromatic N) is 4. The van der Waals surface area contributed by atoms with Gasteiger partial charge in [-0.15, -0.1) is 0 Å². The van der Waals surface area contributed by atoms with Gasteiger partial charge < -0.3 is 4.74 Å². The van der Waals surface area contributed by atoms with E-state index < -0.39 is 0 Å². The van der Waals surface area contributed by atoms with Crippen molar-refractivity contribution in [1.29, 1.82) is 5.26 Å². The number of benzene rings is 1. The van der Waals surface area contributed by atoms with Gasteiger partial charge in [-0.1, -0.05) is 12.1 Å². The third-order valence-corrected chi connectivity index (χ3v) is 3.17. The van der Waals surface area contributed by atoms with Crippen LogP contribution in [0.5, 0.6) is 5.88 Å². The number of rotatable bonds is 5. The van der Waals surface area contributed by atoms with E-state index in [2.05, 4.69) is 16.2 Å². The highest BCUT2D eigenvalue weighted by atomic mass is 16.5. The number of pyridine rings is 1. The second-order valence-corrected chi connectivity index (χ2v) is 4.75. The SMILES string of the molecule is N#Cc1cccc(COc2ccnn2-c2cc(C=O)ccn2)c1. The number of aldehydes is 1. The second-order valence-electron chi connectivity index (χ2n) is 4.75. The molecule has 1 aromatic carbocycles. The molecule has 0 unspecified atom stereocenters. The first-order valence-corrected chi connectivity index (χ1v) is 6.87. The first-order valence-electron chi connectivity index (χ1n) is 6.87. The van der Waals surface area contributed by atoms with Gasteiger partial charge >= 0.3 is 0 Å². The third-order valence-electron chi connectivity index (χ3n) is 3.17. The summed E-state index contributed by atoms with van der Waals surface area (Å²) in [7, 11) is 0. The Morgan fingerprint density at radius 1 is 1.22 bits per heavy atom. The van der Waals surface area contributed by atoms with Crippen molar-refractivity contribution in [2.24, 2.45) is 0 Å². The zero-order valence-electron chi connectivity index (χ0n) is 12.1. The van der Waals surface area contributed by atoms with Crippen LogP contribution in [0.4, 0.5) is 0 Å². The zero-order chi connectivity index (χ0) is 16.1. The van der Waals surface area contributed by atoms with Crippen molar-refractivity contribution < 1.29 is 9.53 Å². The van der Waals surface area contributed by atoms with Gasteiger partial charge in [0.05, 0.1) is 17.8 Å². The standard InChI is InChI=1S/C17H12N4O2/c18-10-13-2-1-3-15(8-13)12-23-17-5-7-20-21(17)16-9-14(11-22)4-6-19-16/h1-9,11H,12H2. The van der Waals surface area contributed by atoms with Crippen molar-refractivity contribution in [3.8, 4) is 17.8 Å². The van der Waals surface area contributed by atoms with Gasteiger partial charge in [-0.25, -0.2) is 4.98 Å². The summed E-state index contributed by atoms with van der Waals surface area (Å²) in [6.07, 6.45) is 3.89. The Balaban J connectivity index is 1.81. The Bertz CT molecular complexity index is 880. The molecule has 0 spiro atoms. The topological polar surface area (TPSA) is 80.8 Å². The monoisotopic (exact) mass is 304 g/mol. The van der Waals surface area contributed by atoms with Crippen LogP contribution in [0.15, 0.2) is 54.9 Å². The lowest BCUT2D eigenvalue weighted by Crippen LogP contribution is -2.05. The molecule has 0 amide bonds. The van der Waals surface area contributed by atoms with Gasteiger partial charge in [0, 0.05) is 17.8 Å². The highest BCUT2D eigenvalue weighted by molar-refractivity contribution is 5.75. The van der Waals surface area contributed by atoms with Crippen molar-refractivity contribution in [3.63, 3.8) is 0 Å². The van der Waals surface area contributed by atoms with E-state index in [1.807, 2.05) is 12.1 Å². The molecule has 3 aromatic rings. The predicted octanol–water partition coefficient (Wildman–Crippen LogP) is 2.53. The number of carbonyl (C=O) groups excluding carboxylic acids is 1. The van der Waals surface area contributed by atoms with Crippen molar-refractivity contribution in [3.05, 3.63) is 71.5 Å². The molecule has 23 heavy (non-hydrogen) atoms. The summed E-state index contributed by atoms with van der Waals surface area (Å²) in [5.41, 5.74) is 1.98. The normalized spacial score (nSPS) is 10.0. The van der Waals surface area contributed by atoms with Gasteiger partial charge in [-0.05, 0) is 29.8 Å². The van der Waals surface area contributed by atoms with Gasteiger partial charge in [0.1, 0.15) is 12.9 Å². The number of carbonyl (C=O) groups is 1. The van der Waals surface area contributed by atoms with Crippen molar-refractivity contribution in [2.75, 3.05) is 0 Å². The van der Waals surface area contributed by atoms with Crippen LogP contribution >= 0.6 is 0 Å². The lowest BCUT2D eigenvalue weighted by atomic mass is 10.1. The van der Waals surface area contributed by atoms with Crippen molar-refractivity contribution in [2.45, 2.75) is 6.61 Å². The molecular weight excluding hydrogens is 292 g/mol. The minimum absolute atomic E-state index is 0.300. The van der Waals surface area contributed by atoms with E-state index in [9.17, 15) is 4.79 Å². The fraction of sp³-hybridized carbons (Fsp3) is 0.0588. The molecule has 0 bridgehead atoms. The van der Waals surface area contributed by atoms with Gasteiger partial charge in [0.15, 0.2) is 5.82 Å². The van der Waals surface area contributed by atoms with E-state index in [0.717, 1.165) is 11.8 Å². The maximum Gasteiger partial charge on any atom is 0.218 e. The smallest absolute Gasteiger partial charge is 0.218 e. The largest absolute Gasteiger partial charge is 0.473 e. The molecule has 0 atom stereocenters. The van der Waals surface area contributed by atoms with E-state index in [4.69, 9.17) is 10.00 Å². The van der Waals surface area contributed by atoms with E-state index in [1.165, 1.54) is 4.68 Å². The molecule has 6 nitrogen and oxygen atoms in total. The lowest BCUT2D eigenvalue weighted by Gasteiger charge is -2.09. The van der Waals surface area contributed by atoms with Crippen LogP contribution in [0.25, 0.3) is 5.82 Å². The fourth-order valence-electron chi connectivity index (χ4n) is 2.08. The highest BCUT2D eigenvalue weighted by Crippen LogP contribution is 2.17. The van der Waals surface area contributed by atoms with E-state index in [1.54, 1.807) is 42.7 Å². The van der Waals surface area contributed by atoms with Crippen LogP contribution in [0.3, 0.4) is 0 Å². The first kappa shape index (κ1) is 14.5. The number of nitriles is 1. The molecule has 3 rings (SSSR count). The van der Waals surface area contributed by atoms with Crippen LogP contribution in [0.2, 0.25) is 0 Å². The van der Waals surface area contributed by atoms with Crippen LogP contribution < -0.4 is 4.74 Å². The van der Waals surface area contributed by atoms with Gasteiger partial charge in [0.2, 0.25) is 5.88 Å². The van der Waals surface area contributed by atoms with Gasteiger partial charge in [-0.3, -0.25) is 4.79 Å². The third kappa shape index (κ3) is 3.24. The Kier molecular flexibility index (Phi) is 4.11. The fourth-order valence-corrected chi connectivity index (χ4v) is 2.08. The molecule has 0 aliphatic carbocycles. The Labute approximate surface area is 132 Å². The molecule has 0 saturated carbocycles. The lowest BCUT2D eigenvalue weighted by molar-refractivity contribution is 0.112. The molecule has 112 valence electrons. The number of hydrogen-bond acceptors (Lipinski definition) is 5. The van der Waals surface area contributed by atoms with Crippen LogP contribution in [-0.2, 0) is 6.61 Å². The average molecular weight is 304 g/mol. The molecule has 2 aromatic heterocycles. The summed E-state index contributed by atoms with van der Waals surface area (Å²) >= 11 is 0. The molecule has 2 heterocycles. The van der Waals surface area contributed by atoms with Crippen LogP contribution in [-0.4, -0.2) is 21.1 Å². The van der Waals surface area contributed by atoms with E-state index in [-0.39, 0.29) is 0 Å². The summed E-state index contributed by atoms with van der Waals surface area (Å²) in [5, 5.41) is 13.1. The molecule has 0 saturated heterocycles. The maximum absolute atomic E-state index is 10.9. The maximum atomic E-state index is 10.9. The van der Waals surface area contributed by atoms with Gasteiger partial charge in [-0.2, -0.15) is 15.0 Å². The molecule has 0 aliphatic heterocycles. The van der Waals surface area contributed by atoms with E-state index >= 15 is 0 Å². The number of hydrogen-bond donors (Lipinski definition) is 0. The Morgan fingerprint density at radius 3 is 2.96 bits per heavy atom. The molecule has 0 N–H and O–H groups in total. The predicted molar refractivity (Wildman–Crippen MR) is 82.2 cm³/mol. The second kappa shape index (κ2) is 6.54. The summed E-state index contributed by atoms with van der Waals surface area (Å²) in [5.74, 6) is 1.00. The Hall–Kier alpha value is -3.46. The quantitative estimate of drug-likeness (QED) is 0.677. The molecule has 0 radical (unpaired) electrons. The molecule has 0 aliphatic rings. The number of ether oxygens (including phenoxy) is 1. The number of aromatic nitrogens is 3. The minimum atomic E-state index is 0.300.